The van der Waals surface area contributed by atoms with Gasteiger partial charge in [-0.2, -0.15) is 0 Å². The number of hydrogen-bond acceptors (Lipinski definition) is 5. The number of benzene rings is 2. The summed E-state index contributed by atoms with van der Waals surface area (Å²) in [6, 6.07) is 12.2. The van der Waals surface area contributed by atoms with E-state index in [-0.39, 0.29) is 12.5 Å². The van der Waals surface area contributed by atoms with E-state index in [0.29, 0.717) is 17.8 Å². The van der Waals surface area contributed by atoms with E-state index >= 15 is 0 Å². The molecule has 0 spiro atoms. The van der Waals surface area contributed by atoms with Crippen molar-refractivity contribution in [2.45, 2.75) is 6.54 Å². The van der Waals surface area contributed by atoms with Crippen molar-refractivity contribution in [3.63, 3.8) is 0 Å². The van der Waals surface area contributed by atoms with Crippen molar-refractivity contribution in [3.8, 4) is 11.5 Å². The summed E-state index contributed by atoms with van der Waals surface area (Å²) in [6.45, 7) is 0.913. The molecule has 1 atom stereocenters. The smallest absolute Gasteiger partial charge is 0.337 e. The SMILES string of the molecule is COC(=O)c1ccc(NC(=O)C[NH+](C)Cc2ccc(OC)cc2OC)cc1. The van der Waals surface area contributed by atoms with Crippen molar-refractivity contribution in [1.29, 1.82) is 0 Å². The van der Waals surface area contributed by atoms with Crippen molar-refractivity contribution in [2.75, 3.05) is 40.2 Å². The second-order valence-corrected chi connectivity index (χ2v) is 6.11. The zero-order valence-corrected chi connectivity index (χ0v) is 16.0. The Labute approximate surface area is 158 Å². The Balaban J connectivity index is 1.93. The lowest BCUT2D eigenvalue weighted by molar-refractivity contribution is -0.885. The molecule has 2 rings (SSSR count). The Morgan fingerprint density at radius 3 is 2.30 bits per heavy atom. The summed E-state index contributed by atoms with van der Waals surface area (Å²) < 4.78 is 15.2. The van der Waals surface area contributed by atoms with Crippen LogP contribution in [0.3, 0.4) is 0 Å². The molecule has 1 unspecified atom stereocenters. The van der Waals surface area contributed by atoms with Crippen LogP contribution >= 0.6 is 0 Å². The fourth-order valence-electron chi connectivity index (χ4n) is 2.67. The van der Waals surface area contributed by atoms with Gasteiger partial charge in [0.25, 0.3) is 5.91 Å². The minimum atomic E-state index is -0.412. The molecule has 0 aliphatic heterocycles. The van der Waals surface area contributed by atoms with Crippen molar-refractivity contribution in [2.24, 2.45) is 0 Å². The van der Waals surface area contributed by atoms with Gasteiger partial charge in [-0.3, -0.25) is 4.79 Å². The third-order valence-electron chi connectivity index (χ3n) is 4.04. The van der Waals surface area contributed by atoms with Crippen LogP contribution in [0.25, 0.3) is 0 Å². The van der Waals surface area contributed by atoms with Crippen LogP contribution in [0.2, 0.25) is 0 Å². The number of hydrogen-bond donors (Lipinski definition) is 2. The molecule has 2 N–H and O–H groups in total. The first kappa shape index (κ1) is 20.3. The van der Waals surface area contributed by atoms with Crippen LogP contribution < -0.4 is 19.7 Å². The number of carbonyl (C=O) groups excluding carboxylic acids is 2. The maximum atomic E-state index is 12.3. The molecule has 2 aromatic rings. The van der Waals surface area contributed by atoms with Gasteiger partial charge >= 0.3 is 5.97 Å². The van der Waals surface area contributed by atoms with Crippen LogP contribution in [0.4, 0.5) is 5.69 Å². The first-order valence-electron chi connectivity index (χ1n) is 8.47. The van der Waals surface area contributed by atoms with Crippen LogP contribution in [0, 0.1) is 0 Å². The van der Waals surface area contributed by atoms with E-state index < -0.39 is 5.97 Å². The number of ether oxygens (including phenoxy) is 3. The van der Waals surface area contributed by atoms with Gasteiger partial charge in [-0.1, -0.05) is 0 Å². The van der Waals surface area contributed by atoms with Gasteiger partial charge in [0, 0.05) is 17.3 Å². The highest BCUT2D eigenvalue weighted by molar-refractivity contribution is 5.93. The fraction of sp³-hybridized carbons (Fsp3) is 0.300. The molecule has 7 heteroatoms. The monoisotopic (exact) mass is 373 g/mol. The van der Waals surface area contributed by atoms with Gasteiger partial charge < -0.3 is 24.4 Å². The predicted octanol–water partition coefficient (Wildman–Crippen LogP) is 1.14. The molecular formula is C20H25N2O5+. The molecular weight excluding hydrogens is 348 g/mol. The molecule has 0 radical (unpaired) electrons. The van der Waals surface area contributed by atoms with E-state index in [2.05, 4.69) is 10.1 Å². The van der Waals surface area contributed by atoms with Crippen molar-refractivity contribution in [1.82, 2.24) is 0 Å². The molecule has 0 aliphatic carbocycles. The third-order valence-corrected chi connectivity index (χ3v) is 4.04. The number of esters is 1. The van der Waals surface area contributed by atoms with Gasteiger partial charge in [0.15, 0.2) is 6.54 Å². The maximum absolute atomic E-state index is 12.3. The second-order valence-electron chi connectivity index (χ2n) is 6.11. The molecule has 0 aliphatic rings. The van der Waals surface area contributed by atoms with E-state index in [0.717, 1.165) is 22.0 Å². The van der Waals surface area contributed by atoms with Gasteiger partial charge in [0.2, 0.25) is 0 Å². The van der Waals surface area contributed by atoms with Gasteiger partial charge in [0.1, 0.15) is 18.0 Å². The van der Waals surface area contributed by atoms with Crippen LogP contribution in [0.5, 0.6) is 11.5 Å². The minimum absolute atomic E-state index is 0.120. The Morgan fingerprint density at radius 1 is 1.00 bits per heavy atom. The summed E-state index contributed by atoms with van der Waals surface area (Å²) in [4.78, 5) is 24.7. The quantitative estimate of drug-likeness (QED) is 0.679. The van der Waals surface area contributed by atoms with Crippen LogP contribution in [-0.2, 0) is 16.1 Å². The average Bonchev–Trinajstić information content (AvgIpc) is 2.68. The zero-order valence-electron chi connectivity index (χ0n) is 16.0. The molecule has 0 bridgehead atoms. The van der Waals surface area contributed by atoms with E-state index in [1.54, 1.807) is 38.5 Å². The number of rotatable bonds is 8. The molecule has 7 nitrogen and oxygen atoms in total. The molecule has 0 heterocycles. The van der Waals surface area contributed by atoms with E-state index in [9.17, 15) is 9.59 Å². The summed E-state index contributed by atoms with van der Waals surface area (Å²) in [5, 5.41) is 2.83. The topological polar surface area (TPSA) is 78.3 Å². The number of amides is 1. The number of carbonyl (C=O) groups is 2. The first-order chi connectivity index (χ1) is 13.0. The van der Waals surface area contributed by atoms with E-state index in [1.165, 1.54) is 7.11 Å². The van der Waals surface area contributed by atoms with Crippen LogP contribution in [0.1, 0.15) is 15.9 Å². The molecule has 1 amide bonds. The lowest BCUT2D eigenvalue weighted by Crippen LogP contribution is -3.08. The van der Waals surface area contributed by atoms with Crippen molar-refractivity contribution in [3.05, 3.63) is 53.6 Å². The molecule has 0 saturated carbocycles. The van der Waals surface area contributed by atoms with E-state index in [1.807, 2.05) is 25.2 Å². The van der Waals surface area contributed by atoms with Crippen molar-refractivity contribution >= 4 is 17.6 Å². The first-order valence-corrected chi connectivity index (χ1v) is 8.47. The highest BCUT2D eigenvalue weighted by Crippen LogP contribution is 2.23. The summed E-state index contributed by atoms with van der Waals surface area (Å²) in [6.07, 6.45) is 0. The summed E-state index contributed by atoms with van der Waals surface area (Å²) in [5.41, 5.74) is 2.05. The largest absolute Gasteiger partial charge is 0.497 e. The number of quaternary nitrogens is 1. The highest BCUT2D eigenvalue weighted by atomic mass is 16.5. The van der Waals surface area contributed by atoms with Gasteiger partial charge in [-0.25, -0.2) is 4.79 Å². The maximum Gasteiger partial charge on any atom is 0.337 e. The number of methoxy groups -OCH3 is 3. The lowest BCUT2D eigenvalue weighted by Gasteiger charge is -2.16. The summed E-state index contributed by atoms with van der Waals surface area (Å²) in [7, 11) is 6.48. The average molecular weight is 373 g/mol. The molecule has 0 saturated heterocycles. The molecule has 0 aromatic heterocycles. The number of anilines is 1. The molecule has 2 aromatic carbocycles. The normalized spacial score (nSPS) is 11.4. The Morgan fingerprint density at radius 2 is 1.70 bits per heavy atom. The fourth-order valence-corrected chi connectivity index (χ4v) is 2.67. The van der Waals surface area contributed by atoms with Gasteiger partial charge in [-0.15, -0.1) is 0 Å². The molecule has 27 heavy (non-hydrogen) atoms. The lowest BCUT2D eigenvalue weighted by atomic mass is 10.1. The Bertz CT molecular complexity index is 789. The zero-order chi connectivity index (χ0) is 19.8. The summed E-state index contributed by atoms with van der Waals surface area (Å²) >= 11 is 0. The second kappa shape index (κ2) is 9.59. The van der Waals surface area contributed by atoms with Gasteiger partial charge in [0.05, 0.1) is 33.9 Å². The predicted molar refractivity (Wildman–Crippen MR) is 101 cm³/mol. The Kier molecular flexibility index (Phi) is 7.19. The minimum Gasteiger partial charge on any atom is -0.497 e. The third kappa shape index (κ3) is 5.72. The Hall–Kier alpha value is -3.06. The van der Waals surface area contributed by atoms with Crippen LogP contribution in [-0.4, -0.2) is 46.8 Å². The number of nitrogens with one attached hydrogen (secondary N) is 2. The molecule has 144 valence electrons. The highest BCUT2D eigenvalue weighted by Gasteiger charge is 2.14. The van der Waals surface area contributed by atoms with Crippen LogP contribution in [0.15, 0.2) is 42.5 Å². The number of likely N-dealkylation sites (N-methyl/N-ethyl adjacent to an activating group) is 1. The molecule has 0 fully saturated rings. The van der Waals surface area contributed by atoms with E-state index in [4.69, 9.17) is 9.47 Å². The van der Waals surface area contributed by atoms with Gasteiger partial charge in [-0.05, 0) is 36.4 Å². The standard InChI is InChI=1S/C20H24N2O5/c1-22(12-15-7-10-17(25-2)11-18(15)26-3)13-19(23)21-16-8-5-14(6-9-16)20(24)27-4/h5-11H,12-13H2,1-4H3,(H,21,23)/p+1. The summed E-state index contributed by atoms with van der Waals surface area (Å²) in [5.74, 6) is 0.921. The van der Waals surface area contributed by atoms with Crippen molar-refractivity contribution < 1.29 is 28.7 Å².